The van der Waals surface area contributed by atoms with E-state index < -0.39 is 24.1 Å². The summed E-state index contributed by atoms with van der Waals surface area (Å²) >= 11 is 0. The first-order valence-electron chi connectivity index (χ1n) is 7.65. The van der Waals surface area contributed by atoms with Crippen molar-refractivity contribution in [2.75, 3.05) is 19.7 Å². The highest BCUT2D eigenvalue weighted by atomic mass is 16.5. The Morgan fingerprint density at radius 3 is 2.74 bits per heavy atom. The fourth-order valence-corrected chi connectivity index (χ4v) is 2.69. The molecular formula is C16H22N2O5. The molecule has 0 unspecified atom stereocenters. The first-order valence-corrected chi connectivity index (χ1v) is 7.65. The van der Waals surface area contributed by atoms with Gasteiger partial charge >= 0.3 is 12.1 Å². The molecule has 0 aliphatic carbocycles. The molecular weight excluding hydrogens is 300 g/mol. The van der Waals surface area contributed by atoms with Crippen molar-refractivity contribution in [3.05, 3.63) is 35.9 Å². The number of nitrogens with zero attached hydrogens (tertiary/aromatic N) is 1. The van der Waals surface area contributed by atoms with E-state index in [4.69, 9.17) is 9.84 Å². The van der Waals surface area contributed by atoms with Gasteiger partial charge in [-0.3, -0.25) is 9.69 Å². The van der Waals surface area contributed by atoms with Crippen molar-refractivity contribution in [3.63, 3.8) is 0 Å². The van der Waals surface area contributed by atoms with Crippen molar-refractivity contribution in [2.45, 2.75) is 31.5 Å². The van der Waals surface area contributed by atoms with Gasteiger partial charge in [-0.15, -0.1) is 0 Å². The van der Waals surface area contributed by atoms with Gasteiger partial charge in [-0.05, 0) is 24.9 Å². The lowest BCUT2D eigenvalue weighted by molar-refractivity contribution is -0.142. The van der Waals surface area contributed by atoms with Crippen LogP contribution in [-0.4, -0.2) is 59.0 Å². The van der Waals surface area contributed by atoms with Gasteiger partial charge in [-0.2, -0.15) is 0 Å². The molecule has 0 bridgehead atoms. The Kier molecular flexibility index (Phi) is 6.37. The SMILES string of the molecule is O=C(N[C@H](CO)CN1CCC[C@H]1C(=O)O)OCc1ccccc1. The zero-order valence-electron chi connectivity index (χ0n) is 12.9. The molecule has 1 aliphatic heterocycles. The summed E-state index contributed by atoms with van der Waals surface area (Å²) in [5.74, 6) is -0.870. The Morgan fingerprint density at radius 1 is 1.35 bits per heavy atom. The number of hydrogen-bond donors (Lipinski definition) is 3. The molecule has 7 nitrogen and oxygen atoms in total. The topological polar surface area (TPSA) is 99.1 Å². The number of aliphatic hydroxyl groups excluding tert-OH is 1. The van der Waals surface area contributed by atoms with Gasteiger partial charge in [-0.25, -0.2) is 4.79 Å². The summed E-state index contributed by atoms with van der Waals surface area (Å²) in [4.78, 5) is 24.7. The zero-order chi connectivity index (χ0) is 16.7. The minimum Gasteiger partial charge on any atom is -0.480 e. The minimum atomic E-state index is -0.870. The van der Waals surface area contributed by atoms with Crippen LogP contribution in [0.2, 0.25) is 0 Å². The van der Waals surface area contributed by atoms with Crippen molar-refractivity contribution >= 4 is 12.1 Å². The number of ether oxygens (including phenoxy) is 1. The Hall–Kier alpha value is -2.12. The monoisotopic (exact) mass is 322 g/mol. The predicted molar refractivity (Wildman–Crippen MR) is 82.9 cm³/mol. The van der Waals surface area contributed by atoms with Gasteiger partial charge in [0.15, 0.2) is 0 Å². The quantitative estimate of drug-likeness (QED) is 0.687. The molecule has 1 heterocycles. The lowest BCUT2D eigenvalue weighted by Gasteiger charge is -2.26. The third-order valence-corrected chi connectivity index (χ3v) is 3.86. The smallest absolute Gasteiger partial charge is 0.407 e. The van der Waals surface area contributed by atoms with E-state index in [9.17, 15) is 14.7 Å². The Labute approximate surface area is 134 Å². The van der Waals surface area contributed by atoms with Crippen molar-refractivity contribution in [2.24, 2.45) is 0 Å². The van der Waals surface area contributed by atoms with Crippen LogP contribution in [0.1, 0.15) is 18.4 Å². The average molecular weight is 322 g/mol. The van der Waals surface area contributed by atoms with E-state index in [0.717, 1.165) is 12.0 Å². The molecule has 1 amide bonds. The number of aliphatic hydroxyl groups is 1. The number of carboxylic acids is 1. The van der Waals surface area contributed by atoms with E-state index in [1.165, 1.54) is 0 Å². The number of likely N-dealkylation sites (tertiary alicyclic amines) is 1. The molecule has 0 radical (unpaired) electrons. The second-order valence-electron chi connectivity index (χ2n) is 5.58. The van der Waals surface area contributed by atoms with E-state index in [0.29, 0.717) is 13.0 Å². The Bertz CT molecular complexity index is 522. The van der Waals surface area contributed by atoms with E-state index in [1.807, 2.05) is 30.3 Å². The van der Waals surface area contributed by atoms with Crippen molar-refractivity contribution < 1.29 is 24.5 Å². The molecule has 0 aromatic heterocycles. The maximum atomic E-state index is 11.8. The molecule has 0 spiro atoms. The number of nitrogens with one attached hydrogen (secondary N) is 1. The summed E-state index contributed by atoms with van der Waals surface area (Å²) in [6, 6.07) is 8.17. The lowest BCUT2D eigenvalue weighted by atomic mass is 10.2. The maximum absolute atomic E-state index is 11.8. The first-order chi connectivity index (χ1) is 11.1. The maximum Gasteiger partial charge on any atom is 0.407 e. The summed E-state index contributed by atoms with van der Waals surface area (Å²) in [7, 11) is 0. The molecule has 126 valence electrons. The molecule has 2 rings (SSSR count). The highest BCUT2D eigenvalue weighted by Gasteiger charge is 2.32. The third kappa shape index (κ3) is 5.22. The number of aliphatic carboxylic acids is 1. The molecule has 7 heteroatoms. The molecule has 2 atom stereocenters. The van der Waals surface area contributed by atoms with E-state index in [1.54, 1.807) is 4.90 Å². The van der Waals surface area contributed by atoms with Crippen molar-refractivity contribution in [1.29, 1.82) is 0 Å². The normalized spacial score (nSPS) is 19.3. The fraction of sp³-hybridized carbons (Fsp3) is 0.500. The Morgan fingerprint density at radius 2 is 2.09 bits per heavy atom. The molecule has 23 heavy (non-hydrogen) atoms. The number of amides is 1. The summed E-state index contributed by atoms with van der Waals surface area (Å²) in [5, 5.41) is 21.1. The van der Waals surface area contributed by atoms with Crippen molar-refractivity contribution in [3.8, 4) is 0 Å². The summed E-state index contributed by atoms with van der Waals surface area (Å²) in [6.45, 7) is 0.803. The van der Waals surface area contributed by atoms with Crippen LogP contribution >= 0.6 is 0 Å². The average Bonchev–Trinajstić information content (AvgIpc) is 3.01. The summed E-state index contributed by atoms with van der Waals surface area (Å²) in [6.07, 6.45) is 0.762. The standard InChI is InChI=1S/C16H22N2O5/c19-10-13(9-18-8-4-7-14(18)15(20)21)17-16(22)23-11-12-5-2-1-3-6-12/h1-3,5-6,13-14,19H,4,7-11H2,(H,17,22)(H,20,21)/t13-,14-/m0/s1. The Balaban J connectivity index is 1.79. The van der Waals surface area contributed by atoms with E-state index in [2.05, 4.69) is 5.32 Å². The molecule has 1 saturated heterocycles. The molecule has 0 saturated carbocycles. The molecule has 1 fully saturated rings. The second-order valence-corrected chi connectivity index (χ2v) is 5.58. The van der Waals surface area contributed by atoms with Crippen LogP contribution in [0.25, 0.3) is 0 Å². The summed E-state index contributed by atoms with van der Waals surface area (Å²) in [5.41, 5.74) is 0.869. The fourth-order valence-electron chi connectivity index (χ4n) is 2.69. The zero-order valence-corrected chi connectivity index (χ0v) is 12.9. The lowest BCUT2D eigenvalue weighted by Crippen LogP contribution is -2.48. The van der Waals surface area contributed by atoms with Crippen LogP contribution in [0.4, 0.5) is 4.79 Å². The number of carbonyl (C=O) groups excluding carboxylic acids is 1. The minimum absolute atomic E-state index is 0.145. The van der Waals surface area contributed by atoms with Crippen LogP contribution < -0.4 is 5.32 Å². The molecule has 3 N–H and O–H groups in total. The van der Waals surface area contributed by atoms with Crippen LogP contribution in [0.3, 0.4) is 0 Å². The van der Waals surface area contributed by atoms with Crippen LogP contribution in [-0.2, 0) is 16.1 Å². The van der Waals surface area contributed by atoms with Gasteiger partial charge in [0, 0.05) is 6.54 Å². The first kappa shape index (κ1) is 17.2. The molecule has 1 aliphatic rings. The second kappa shape index (κ2) is 8.50. The van der Waals surface area contributed by atoms with Crippen LogP contribution in [0, 0.1) is 0 Å². The highest BCUT2D eigenvalue weighted by Crippen LogP contribution is 2.17. The van der Waals surface area contributed by atoms with Gasteiger partial charge in [0.05, 0.1) is 12.6 Å². The highest BCUT2D eigenvalue weighted by molar-refractivity contribution is 5.73. The van der Waals surface area contributed by atoms with Gasteiger partial charge in [0.25, 0.3) is 0 Å². The number of hydrogen-bond acceptors (Lipinski definition) is 5. The third-order valence-electron chi connectivity index (χ3n) is 3.86. The van der Waals surface area contributed by atoms with Gasteiger partial charge in [0.2, 0.25) is 0 Å². The molecule has 1 aromatic carbocycles. The van der Waals surface area contributed by atoms with Gasteiger partial charge < -0.3 is 20.3 Å². The van der Waals surface area contributed by atoms with Crippen LogP contribution in [0.15, 0.2) is 30.3 Å². The largest absolute Gasteiger partial charge is 0.480 e. The number of carboxylic acid groups (broad SMARTS) is 1. The number of carbonyl (C=O) groups is 2. The van der Waals surface area contributed by atoms with Crippen molar-refractivity contribution in [1.82, 2.24) is 10.2 Å². The van der Waals surface area contributed by atoms with Crippen LogP contribution in [0.5, 0.6) is 0 Å². The summed E-state index contributed by atoms with van der Waals surface area (Å²) < 4.78 is 5.10. The van der Waals surface area contributed by atoms with E-state index >= 15 is 0 Å². The van der Waals surface area contributed by atoms with Gasteiger partial charge in [0.1, 0.15) is 12.6 Å². The van der Waals surface area contributed by atoms with Gasteiger partial charge in [-0.1, -0.05) is 30.3 Å². The predicted octanol–water partition coefficient (Wildman–Crippen LogP) is 0.823. The molecule has 1 aromatic rings. The number of rotatable bonds is 7. The van der Waals surface area contributed by atoms with E-state index in [-0.39, 0.29) is 19.8 Å². The number of benzene rings is 1. The number of alkyl carbamates (subject to hydrolysis) is 1.